The van der Waals surface area contributed by atoms with E-state index in [1.54, 1.807) is 4.52 Å². The first-order chi connectivity index (χ1) is 11.2. The first-order valence-electron chi connectivity index (χ1n) is 7.58. The Morgan fingerprint density at radius 3 is 2.74 bits per heavy atom. The molecular formula is C16H16N6O. The lowest BCUT2D eigenvalue weighted by Crippen LogP contribution is -2.40. The molecule has 116 valence electrons. The summed E-state index contributed by atoms with van der Waals surface area (Å²) in [5.74, 6) is 1.09. The predicted molar refractivity (Wildman–Crippen MR) is 85.8 cm³/mol. The summed E-state index contributed by atoms with van der Waals surface area (Å²) in [6, 6.07) is 13.2. The molecule has 3 aromatic rings. The summed E-state index contributed by atoms with van der Waals surface area (Å²) in [5, 5.41) is 13.0. The number of nitrogens with zero attached hydrogens (tertiary/aromatic N) is 5. The smallest absolute Gasteiger partial charge is 0.240 e. The van der Waals surface area contributed by atoms with Gasteiger partial charge in [0, 0.05) is 12.1 Å². The molecule has 1 aromatic carbocycles. The van der Waals surface area contributed by atoms with E-state index in [2.05, 4.69) is 15.3 Å². The summed E-state index contributed by atoms with van der Waals surface area (Å²) in [6.07, 6.45) is 1.70. The van der Waals surface area contributed by atoms with Crippen LogP contribution in [0.1, 0.15) is 12.8 Å². The second-order valence-electron chi connectivity index (χ2n) is 5.60. The number of carbonyl (C=O) groups is 1. The van der Waals surface area contributed by atoms with Crippen LogP contribution in [0.2, 0.25) is 0 Å². The minimum atomic E-state index is -0.309. The number of primary amides is 1. The number of carbonyl (C=O) groups excluding carboxylic acids is 1. The molecule has 0 saturated carbocycles. The largest absolute Gasteiger partial charge is 0.368 e. The molecule has 3 heterocycles. The normalized spacial score (nSPS) is 17.7. The topological polar surface area (TPSA) is 89.4 Å². The summed E-state index contributed by atoms with van der Waals surface area (Å²) in [6.45, 7) is 0.773. The van der Waals surface area contributed by atoms with Crippen molar-refractivity contribution in [3.8, 4) is 11.4 Å². The molecule has 0 spiro atoms. The minimum absolute atomic E-state index is 0.295. The number of hydrogen-bond donors (Lipinski definition) is 1. The quantitative estimate of drug-likeness (QED) is 0.786. The molecule has 0 unspecified atom stereocenters. The van der Waals surface area contributed by atoms with Gasteiger partial charge in [0.1, 0.15) is 11.9 Å². The second kappa shape index (κ2) is 5.35. The average molecular weight is 308 g/mol. The molecule has 2 N–H and O–H groups in total. The van der Waals surface area contributed by atoms with Crippen molar-refractivity contribution in [2.45, 2.75) is 18.9 Å². The van der Waals surface area contributed by atoms with Gasteiger partial charge in [0.2, 0.25) is 5.91 Å². The number of amides is 1. The highest BCUT2D eigenvalue weighted by Gasteiger charge is 2.30. The summed E-state index contributed by atoms with van der Waals surface area (Å²) < 4.78 is 1.71. The standard InChI is InChI=1S/C16H16N6O/c17-15(23)12-7-4-10-21(12)14-9-8-13-18-19-16(22(13)20-14)11-5-2-1-3-6-11/h1-3,5-6,8-9,12H,4,7,10H2,(H2,17,23)/t12-/m1/s1. The number of fused-ring (bicyclic) bond motifs is 1. The van der Waals surface area contributed by atoms with E-state index in [4.69, 9.17) is 5.73 Å². The maximum atomic E-state index is 11.6. The van der Waals surface area contributed by atoms with E-state index >= 15 is 0 Å². The fourth-order valence-electron chi connectivity index (χ4n) is 3.04. The van der Waals surface area contributed by atoms with Crippen LogP contribution < -0.4 is 10.6 Å². The molecule has 7 nitrogen and oxygen atoms in total. The van der Waals surface area contributed by atoms with Gasteiger partial charge in [0.25, 0.3) is 0 Å². The maximum absolute atomic E-state index is 11.6. The summed E-state index contributed by atoms with van der Waals surface area (Å²) in [7, 11) is 0. The maximum Gasteiger partial charge on any atom is 0.240 e. The van der Waals surface area contributed by atoms with Crippen molar-refractivity contribution in [3.63, 3.8) is 0 Å². The molecule has 4 rings (SSSR count). The van der Waals surface area contributed by atoms with Gasteiger partial charge in [-0.15, -0.1) is 15.3 Å². The molecule has 1 amide bonds. The Morgan fingerprint density at radius 1 is 1.13 bits per heavy atom. The zero-order chi connectivity index (χ0) is 15.8. The van der Waals surface area contributed by atoms with Gasteiger partial charge in [-0.2, -0.15) is 4.52 Å². The van der Waals surface area contributed by atoms with E-state index in [0.29, 0.717) is 11.5 Å². The van der Waals surface area contributed by atoms with Gasteiger partial charge < -0.3 is 10.6 Å². The minimum Gasteiger partial charge on any atom is -0.368 e. The number of aromatic nitrogens is 4. The van der Waals surface area contributed by atoms with Gasteiger partial charge in [-0.1, -0.05) is 30.3 Å². The third-order valence-electron chi connectivity index (χ3n) is 4.16. The van der Waals surface area contributed by atoms with Crippen molar-refractivity contribution < 1.29 is 4.79 Å². The molecule has 1 saturated heterocycles. The van der Waals surface area contributed by atoms with Gasteiger partial charge >= 0.3 is 0 Å². The molecule has 1 aliphatic rings. The van der Waals surface area contributed by atoms with E-state index in [0.717, 1.165) is 30.8 Å². The lowest BCUT2D eigenvalue weighted by molar-refractivity contribution is -0.119. The number of rotatable bonds is 3. The lowest BCUT2D eigenvalue weighted by atomic mass is 10.2. The number of benzene rings is 1. The van der Waals surface area contributed by atoms with Crippen LogP contribution in [0.5, 0.6) is 0 Å². The molecule has 1 aliphatic heterocycles. The zero-order valence-electron chi connectivity index (χ0n) is 12.5. The molecule has 0 bridgehead atoms. The van der Waals surface area contributed by atoms with Gasteiger partial charge in [-0.3, -0.25) is 4.79 Å². The van der Waals surface area contributed by atoms with E-state index < -0.39 is 0 Å². The Kier molecular flexibility index (Phi) is 3.18. The molecule has 1 atom stereocenters. The molecule has 0 aliphatic carbocycles. The Bertz CT molecular complexity index is 859. The Labute approximate surface area is 132 Å². The first-order valence-corrected chi connectivity index (χ1v) is 7.58. The van der Waals surface area contributed by atoms with Crippen LogP contribution >= 0.6 is 0 Å². The van der Waals surface area contributed by atoms with Gasteiger partial charge in [0.15, 0.2) is 11.5 Å². The van der Waals surface area contributed by atoms with Gasteiger partial charge in [-0.25, -0.2) is 0 Å². The van der Waals surface area contributed by atoms with Crippen LogP contribution in [-0.4, -0.2) is 38.3 Å². The van der Waals surface area contributed by atoms with Crippen LogP contribution in [0.25, 0.3) is 17.0 Å². The summed E-state index contributed by atoms with van der Waals surface area (Å²) in [4.78, 5) is 13.6. The van der Waals surface area contributed by atoms with Crippen molar-refractivity contribution in [1.29, 1.82) is 0 Å². The van der Waals surface area contributed by atoms with E-state index in [-0.39, 0.29) is 11.9 Å². The van der Waals surface area contributed by atoms with Gasteiger partial charge in [-0.05, 0) is 25.0 Å². The molecular weight excluding hydrogens is 292 g/mol. The van der Waals surface area contributed by atoms with Crippen molar-refractivity contribution in [1.82, 2.24) is 19.8 Å². The van der Waals surface area contributed by atoms with E-state index in [1.807, 2.05) is 47.4 Å². The third kappa shape index (κ3) is 2.30. The zero-order valence-corrected chi connectivity index (χ0v) is 12.5. The van der Waals surface area contributed by atoms with E-state index in [1.165, 1.54) is 0 Å². The van der Waals surface area contributed by atoms with Crippen molar-refractivity contribution in [3.05, 3.63) is 42.5 Å². The molecule has 7 heteroatoms. The second-order valence-corrected chi connectivity index (χ2v) is 5.60. The molecule has 0 radical (unpaired) electrons. The molecule has 2 aromatic heterocycles. The number of anilines is 1. The summed E-state index contributed by atoms with van der Waals surface area (Å²) in [5.41, 5.74) is 7.11. The average Bonchev–Trinajstić information content (AvgIpc) is 3.22. The highest BCUT2D eigenvalue weighted by molar-refractivity contribution is 5.84. The first kappa shape index (κ1) is 13.7. The van der Waals surface area contributed by atoms with Crippen LogP contribution in [0.3, 0.4) is 0 Å². The fourth-order valence-corrected chi connectivity index (χ4v) is 3.04. The van der Waals surface area contributed by atoms with Crippen molar-refractivity contribution in [2.75, 3.05) is 11.4 Å². The number of nitrogens with two attached hydrogens (primary N) is 1. The van der Waals surface area contributed by atoms with E-state index in [9.17, 15) is 4.79 Å². The Morgan fingerprint density at radius 2 is 1.96 bits per heavy atom. The van der Waals surface area contributed by atoms with Crippen molar-refractivity contribution >= 4 is 17.4 Å². The Hall–Kier alpha value is -2.96. The molecule has 1 fully saturated rings. The fraction of sp³-hybridized carbons (Fsp3) is 0.250. The monoisotopic (exact) mass is 308 g/mol. The lowest BCUT2D eigenvalue weighted by Gasteiger charge is -2.22. The summed E-state index contributed by atoms with van der Waals surface area (Å²) >= 11 is 0. The van der Waals surface area contributed by atoms with Crippen LogP contribution in [0.15, 0.2) is 42.5 Å². The number of hydrogen-bond acceptors (Lipinski definition) is 5. The SMILES string of the molecule is NC(=O)[C@H]1CCCN1c1ccc2nnc(-c3ccccc3)n2n1. The van der Waals surface area contributed by atoms with Crippen molar-refractivity contribution in [2.24, 2.45) is 5.73 Å². The van der Waals surface area contributed by atoms with Gasteiger partial charge in [0.05, 0.1) is 0 Å². The van der Waals surface area contributed by atoms with Crippen LogP contribution in [-0.2, 0) is 4.79 Å². The highest BCUT2D eigenvalue weighted by Crippen LogP contribution is 2.25. The van der Waals surface area contributed by atoms with Crippen LogP contribution in [0.4, 0.5) is 5.82 Å². The third-order valence-corrected chi connectivity index (χ3v) is 4.16. The predicted octanol–water partition coefficient (Wildman–Crippen LogP) is 1.25. The highest BCUT2D eigenvalue weighted by atomic mass is 16.1. The van der Waals surface area contributed by atoms with Crippen LogP contribution in [0, 0.1) is 0 Å². The Balaban J connectivity index is 1.80. The molecule has 23 heavy (non-hydrogen) atoms.